The quantitative estimate of drug-likeness (QED) is 0.187. The van der Waals surface area contributed by atoms with Gasteiger partial charge in [0, 0.05) is 6.92 Å². The molecular weight excluding hydrogens is 528 g/mol. The first-order valence-electron chi connectivity index (χ1n) is 13.8. The highest BCUT2D eigenvalue weighted by molar-refractivity contribution is 6.01. The molecule has 1 saturated carbocycles. The normalized spacial score (nSPS) is 19.5. The third-order valence-electron chi connectivity index (χ3n) is 6.60. The van der Waals surface area contributed by atoms with Gasteiger partial charge < -0.3 is 19.5 Å². The molecule has 0 saturated heterocycles. The summed E-state index contributed by atoms with van der Waals surface area (Å²) < 4.78 is 15.7. The first kappa shape index (κ1) is 33.6. The highest BCUT2D eigenvalue weighted by Crippen LogP contribution is 2.47. The number of nitrogens with one attached hydrogen (secondary N) is 3. The standard InChI is InChI=1S/C30H46N4O7/c1-19(35)31-22(18-29(8,9)21-14-12-11-13-15-21)30(16-20(17-30)23(36)39-10)34-24(32-25(37)40-27(2,3)4)33-26(38)41-28(5,6)7/h11-15,20,22H,16-18H2,1-10H3,(H,31,35)(H2,32,33,34,37,38). The van der Waals surface area contributed by atoms with E-state index in [1.807, 2.05) is 30.3 Å². The topological polar surface area (TPSA) is 144 Å². The lowest BCUT2D eigenvalue weighted by Crippen LogP contribution is -2.62. The molecule has 1 atom stereocenters. The van der Waals surface area contributed by atoms with Crippen LogP contribution in [0, 0.1) is 5.92 Å². The monoisotopic (exact) mass is 574 g/mol. The fraction of sp³-hybridized carbons (Fsp3) is 0.633. The second-order valence-electron chi connectivity index (χ2n) is 13.2. The van der Waals surface area contributed by atoms with Gasteiger partial charge in [-0.15, -0.1) is 0 Å². The van der Waals surface area contributed by atoms with E-state index in [-0.39, 0.29) is 24.7 Å². The average Bonchev–Trinajstić information content (AvgIpc) is 2.77. The number of methoxy groups -OCH3 is 1. The van der Waals surface area contributed by atoms with Crippen molar-refractivity contribution >= 4 is 30.0 Å². The molecule has 0 spiro atoms. The summed E-state index contributed by atoms with van der Waals surface area (Å²) in [5, 5.41) is 8.07. The van der Waals surface area contributed by atoms with Crippen molar-refractivity contribution in [1.29, 1.82) is 0 Å². The summed E-state index contributed by atoms with van der Waals surface area (Å²) in [6.07, 6.45) is -0.810. The number of hydrogen-bond acceptors (Lipinski definition) is 8. The number of nitrogens with zero attached hydrogens (tertiary/aromatic N) is 1. The number of alkyl carbamates (subject to hydrolysis) is 2. The van der Waals surface area contributed by atoms with Crippen LogP contribution in [0.4, 0.5) is 9.59 Å². The predicted molar refractivity (Wildman–Crippen MR) is 155 cm³/mol. The maximum atomic E-state index is 12.8. The molecule has 41 heavy (non-hydrogen) atoms. The number of aliphatic imine (C=N–C) groups is 1. The van der Waals surface area contributed by atoms with Crippen LogP contribution in [0.15, 0.2) is 35.3 Å². The Hall–Kier alpha value is -3.63. The van der Waals surface area contributed by atoms with E-state index in [1.165, 1.54) is 14.0 Å². The predicted octanol–water partition coefficient (Wildman–Crippen LogP) is 4.59. The summed E-state index contributed by atoms with van der Waals surface area (Å²) in [6, 6.07) is 9.27. The van der Waals surface area contributed by atoms with Gasteiger partial charge in [-0.05, 0) is 71.8 Å². The Balaban J connectivity index is 2.59. The molecule has 0 heterocycles. The number of hydrogen-bond donors (Lipinski definition) is 3. The maximum Gasteiger partial charge on any atom is 0.414 e. The lowest BCUT2D eigenvalue weighted by Gasteiger charge is -2.50. The molecule has 11 heteroatoms. The van der Waals surface area contributed by atoms with E-state index in [0.717, 1.165) is 5.56 Å². The van der Waals surface area contributed by atoms with E-state index >= 15 is 0 Å². The molecule has 0 bridgehead atoms. The minimum atomic E-state index is -1.07. The van der Waals surface area contributed by atoms with Crippen LogP contribution >= 0.6 is 0 Å². The van der Waals surface area contributed by atoms with Crippen molar-refractivity contribution < 1.29 is 33.4 Å². The summed E-state index contributed by atoms with van der Waals surface area (Å²) >= 11 is 0. The molecule has 1 aromatic carbocycles. The van der Waals surface area contributed by atoms with Gasteiger partial charge in [0.1, 0.15) is 11.2 Å². The number of rotatable bonds is 7. The van der Waals surface area contributed by atoms with Gasteiger partial charge in [0.2, 0.25) is 11.9 Å². The Labute approximate surface area is 243 Å². The summed E-state index contributed by atoms with van der Waals surface area (Å²) in [5.41, 5.74) is -2.06. The van der Waals surface area contributed by atoms with Crippen LogP contribution in [0.3, 0.4) is 0 Å². The molecule has 0 radical (unpaired) electrons. The van der Waals surface area contributed by atoms with Crippen LogP contribution in [0.2, 0.25) is 0 Å². The van der Waals surface area contributed by atoms with Crippen LogP contribution < -0.4 is 16.0 Å². The average molecular weight is 575 g/mol. The molecular formula is C30H46N4O7. The molecule has 1 unspecified atom stereocenters. The molecule has 11 nitrogen and oxygen atoms in total. The van der Waals surface area contributed by atoms with Crippen molar-refractivity contribution in [3.05, 3.63) is 35.9 Å². The van der Waals surface area contributed by atoms with Gasteiger partial charge in [-0.2, -0.15) is 0 Å². The van der Waals surface area contributed by atoms with Gasteiger partial charge in [-0.25, -0.2) is 14.6 Å². The summed E-state index contributed by atoms with van der Waals surface area (Å²) in [4.78, 5) is 55.2. The van der Waals surface area contributed by atoms with Crippen molar-refractivity contribution in [2.75, 3.05) is 7.11 Å². The van der Waals surface area contributed by atoms with Crippen molar-refractivity contribution in [3.63, 3.8) is 0 Å². The van der Waals surface area contributed by atoms with Crippen LogP contribution in [0.25, 0.3) is 0 Å². The highest BCUT2D eigenvalue weighted by Gasteiger charge is 2.55. The zero-order valence-corrected chi connectivity index (χ0v) is 26.0. The Kier molecular flexibility index (Phi) is 10.6. The molecule has 2 rings (SSSR count). The Morgan fingerprint density at radius 1 is 0.902 bits per heavy atom. The van der Waals surface area contributed by atoms with Gasteiger partial charge in [-0.1, -0.05) is 44.2 Å². The molecule has 1 aromatic rings. The lowest BCUT2D eigenvalue weighted by molar-refractivity contribution is -0.151. The van der Waals surface area contributed by atoms with Crippen molar-refractivity contribution in [2.45, 2.75) is 110 Å². The van der Waals surface area contributed by atoms with E-state index in [0.29, 0.717) is 6.42 Å². The van der Waals surface area contributed by atoms with Gasteiger partial charge in [0.15, 0.2) is 0 Å². The number of amides is 3. The molecule has 1 fully saturated rings. The smallest absolute Gasteiger partial charge is 0.414 e. The number of carbonyl (C=O) groups is 4. The second-order valence-corrected chi connectivity index (χ2v) is 13.2. The van der Waals surface area contributed by atoms with E-state index in [4.69, 9.17) is 19.2 Å². The number of esters is 1. The zero-order valence-electron chi connectivity index (χ0n) is 26.0. The van der Waals surface area contributed by atoms with Gasteiger partial charge >= 0.3 is 18.2 Å². The first-order valence-corrected chi connectivity index (χ1v) is 13.8. The Morgan fingerprint density at radius 3 is 1.80 bits per heavy atom. The molecule has 0 aliphatic heterocycles. The molecule has 3 amide bonds. The molecule has 3 N–H and O–H groups in total. The largest absolute Gasteiger partial charge is 0.469 e. The van der Waals surface area contributed by atoms with Gasteiger partial charge in [0.05, 0.1) is 24.6 Å². The maximum absolute atomic E-state index is 12.8. The minimum Gasteiger partial charge on any atom is -0.469 e. The van der Waals surface area contributed by atoms with Crippen molar-refractivity contribution in [3.8, 4) is 0 Å². The summed E-state index contributed by atoms with van der Waals surface area (Å²) in [5.74, 6) is -1.38. The molecule has 1 aliphatic carbocycles. The van der Waals surface area contributed by atoms with Crippen LogP contribution in [0.5, 0.6) is 0 Å². The number of carbonyl (C=O) groups excluding carboxylic acids is 4. The third-order valence-corrected chi connectivity index (χ3v) is 6.60. The number of ether oxygens (including phenoxy) is 3. The zero-order chi connectivity index (χ0) is 31.2. The molecule has 228 valence electrons. The molecule has 0 aromatic heterocycles. The van der Waals surface area contributed by atoms with E-state index < -0.39 is 52.3 Å². The van der Waals surface area contributed by atoms with E-state index in [2.05, 4.69) is 29.8 Å². The number of guanidine groups is 1. The molecule has 1 aliphatic rings. The third kappa shape index (κ3) is 10.4. The van der Waals surface area contributed by atoms with E-state index in [1.54, 1.807) is 41.5 Å². The summed E-state index contributed by atoms with van der Waals surface area (Å²) in [6.45, 7) is 15.8. The SMILES string of the molecule is COC(=O)C1CC(N=C(NC(=O)OC(C)(C)C)NC(=O)OC(C)(C)C)(C(CC(C)(C)c2ccccc2)NC(C)=O)C1. The highest BCUT2D eigenvalue weighted by atomic mass is 16.6. The van der Waals surface area contributed by atoms with Crippen LogP contribution in [0.1, 0.15) is 87.1 Å². The van der Waals surface area contributed by atoms with Crippen LogP contribution in [-0.2, 0) is 29.2 Å². The van der Waals surface area contributed by atoms with Crippen molar-refractivity contribution in [2.24, 2.45) is 10.9 Å². The lowest BCUT2D eigenvalue weighted by atomic mass is 9.61. The van der Waals surface area contributed by atoms with Crippen molar-refractivity contribution in [1.82, 2.24) is 16.0 Å². The van der Waals surface area contributed by atoms with Crippen LogP contribution in [-0.4, -0.2) is 59.9 Å². The van der Waals surface area contributed by atoms with Gasteiger partial charge in [0.25, 0.3) is 0 Å². The first-order chi connectivity index (χ1) is 18.7. The minimum absolute atomic E-state index is 0.213. The number of benzene rings is 1. The Morgan fingerprint density at radius 2 is 1.39 bits per heavy atom. The Bertz CT molecular complexity index is 1100. The van der Waals surface area contributed by atoms with E-state index in [9.17, 15) is 19.2 Å². The second kappa shape index (κ2) is 12.9. The summed E-state index contributed by atoms with van der Waals surface area (Å²) in [7, 11) is 1.31. The fourth-order valence-electron chi connectivity index (χ4n) is 4.83. The fourth-order valence-corrected chi connectivity index (χ4v) is 4.83. The van der Waals surface area contributed by atoms with Gasteiger partial charge in [-0.3, -0.25) is 20.2 Å².